The van der Waals surface area contributed by atoms with Gasteiger partial charge in [-0.2, -0.15) is 13.0 Å². The van der Waals surface area contributed by atoms with Crippen LogP contribution in [0.1, 0.15) is 71.3 Å². The van der Waals surface area contributed by atoms with Crippen LogP contribution in [-0.2, 0) is 21.5 Å². The molecule has 4 rings (SSSR count). The van der Waals surface area contributed by atoms with Crippen molar-refractivity contribution in [3.05, 3.63) is 59.9 Å². The molecule has 2 heterocycles. The van der Waals surface area contributed by atoms with Gasteiger partial charge in [0.2, 0.25) is 5.52 Å². The minimum Gasteiger partial charge on any atom is -0.481 e. The Kier molecular flexibility index (Phi) is 8.62. The molecular formula is C30H41N2O5S+. The van der Waals surface area contributed by atoms with E-state index in [2.05, 4.69) is 72.9 Å². The van der Waals surface area contributed by atoms with Crippen LogP contribution in [0.3, 0.4) is 0 Å². The van der Waals surface area contributed by atoms with Crippen molar-refractivity contribution < 1.29 is 27.4 Å². The molecule has 1 saturated heterocycles. The van der Waals surface area contributed by atoms with Crippen molar-refractivity contribution in [3.8, 4) is 0 Å². The number of hydrogen-bond acceptors (Lipinski definition) is 4. The number of allylic oxidation sites excluding steroid dienone is 3. The van der Waals surface area contributed by atoms with E-state index in [1.807, 2.05) is 12.1 Å². The Labute approximate surface area is 226 Å². The average Bonchev–Trinajstić information content (AvgIpc) is 3.09. The number of aryl methyl sites for hydroxylation is 1. The smallest absolute Gasteiger partial charge is 0.303 e. The molecule has 2 aliphatic rings. The number of benzene rings is 1. The molecule has 0 amide bonds. The fourth-order valence-electron chi connectivity index (χ4n) is 6.62. The first-order valence-corrected chi connectivity index (χ1v) is 15.3. The molecule has 1 aliphatic heterocycles. The number of aliphatic carboxylic acids is 1. The first-order chi connectivity index (χ1) is 18.0. The van der Waals surface area contributed by atoms with Crippen molar-refractivity contribution in [2.24, 2.45) is 11.3 Å². The highest BCUT2D eigenvalue weighted by Gasteiger charge is 2.53. The molecule has 0 spiro atoms. The van der Waals surface area contributed by atoms with Crippen molar-refractivity contribution in [2.75, 3.05) is 6.54 Å². The second-order valence-electron chi connectivity index (χ2n) is 11.2. The number of carboxylic acids is 1. The van der Waals surface area contributed by atoms with Crippen LogP contribution in [0.4, 0.5) is 0 Å². The zero-order valence-corrected chi connectivity index (χ0v) is 23.5. The Hall–Kier alpha value is -2.71. The van der Waals surface area contributed by atoms with Gasteiger partial charge in [0.05, 0.1) is 10.6 Å². The summed E-state index contributed by atoms with van der Waals surface area (Å²) in [4.78, 5) is 13.2. The highest BCUT2D eigenvalue weighted by Crippen LogP contribution is 2.53. The second kappa shape index (κ2) is 11.6. The molecule has 1 aliphatic carbocycles. The second-order valence-corrected chi connectivity index (χ2v) is 12.9. The van der Waals surface area contributed by atoms with Crippen molar-refractivity contribution in [3.63, 3.8) is 0 Å². The number of likely N-dealkylation sites (tertiary alicyclic amines) is 1. The Bertz CT molecular complexity index is 1330. The maximum Gasteiger partial charge on any atom is 0.303 e. The summed E-state index contributed by atoms with van der Waals surface area (Å²) in [6.07, 6.45) is 13.1. The Morgan fingerprint density at radius 1 is 1.16 bits per heavy atom. The van der Waals surface area contributed by atoms with Crippen LogP contribution in [0.15, 0.2) is 54.4 Å². The third-order valence-electron chi connectivity index (χ3n) is 8.60. The summed E-state index contributed by atoms with van der Waals surface area (Å²) in [5, 5.41) is 9.34. The first-order valence-electron chi connectivity index (χ1n) is 13.8. The van der Waals surface area contributed by atoms with E-state index in [1.165, 1.54) is 5.70 Å². The van der Waals surface area contributed by atoms with Crippen LogP contribution >= 0.6 is 0 Å². The average molecular weight is 542 g/mol. The molecule has 1 saturated carbocycles. The highest BCUT2D eigenvalue weighted by molar-refractivity contribution is 7.86. The SMILES string of the molecule is CCN1/C(=C/C=C/c2cc[n+](CCCCCC(=O)O)c3ccccc23)C(C)(C)C2CC(S(=O)(=O)O)CCC21. The molecule has 2 aromatic rings. The standard InChI is InChI=1S/C30H40N2O5S/c1-4-32-27-17-16-23(38(35,36)37)21-25(27)30(2,3)28(32)14-10-11-22-18-20-31(19-9-5-6-15-29(33)34)26-13-8-7-12-24(22)26/h7-8,10-14,18,20,23,25,27H,4-6,9,15-17,19,21H2,1-3H3,(H-,33,34,35,36,37)/p+1. The maximum atomic E-state index is 11.9. The molecule has 1 aromatic carbocycles. The predicted molar refractivity (Wildman–Crippen MR) is 150 cm³/mol. The van der Waals surface area contributed by atoms with E-state index in [1.54, 1.807) is 0 Å². The third-order valence-corrected chi connectivity index (χ3v) is 9.87. The number of unbranched alkanes of at least 4 members (excludes halogenated alkanes) is 2. The van der Waals surface area contributed by atoms with Gasteiger partial charge in [-0.15, -0.1) is 0 Å². The fourth-order valence-corrected chi connectivity index (χ4v) is 7.50. The summed E-state index contributed by atoms with van der Waals surface area (Å²) >= 11 is 0. The normalized spacial score (nSPS) is 24.4. The van der Waals surface area contributed by atoms with Gasteiger partial charge in [0.15, 0.2) is 6.20 Å². The van der Waals surface area contributed by atoms with Crippen LogP contribution < -0.4 is 4.57 Å². The van der Waals surface area contributed by atoms with Gasteiger partial charge in [0.1, 0.15) is 6.54 Å². The van der Waals surface area contributed by atoms with E-state index in [9.17, 15) is 17.8 Å². The molecule has 8 heteroatoms. The molecule has 38 heavy (non-hydrogen) atoms. The Morgan fingerprint density at radius 2 is 1.92 bits per heavy atom. The lowest BCUT2D eigenvalue weighted by atomic mass is 9.71. The van der Waals surface area contributed by atoms with Crippen molar-refractivity contribution in [1.82, 2.24) is 4.90 Å². The van der Waals surface area contributed by atoms with Gasteiger partial charge in [-0.1, -0.05) is 38.1 Å². The van der Waals surface area contributed by atoms with E-state index in [-0.39, 0.29) is 17.8 Å². The molecule has 3 unspecified atom stereocenters. The molecule has 2 fully saturated rings. The van der Waals surface area contributed by atoms with Crippen LogP contribution in [0, 0.1) is 11.3 Å². The van der Waals surface area contributed by atoms with Gasteiger partial charge in [-0.25, -0.2) is 0 Å². The molecule has 206 valence electrons. The number of carbonyl (C=O) groups is 1. The fraction of sp³-hybridized carbons (Fsp3) is 0.533. The van der Waals surface area contributed by atoms with Gasteiger partial charge < -0.3 is 10.0 Å². The number of fused-ring (bicyclic) bond motifs is 2. The van der Waals surface area contributed by atoms with Gasteiger partial charge in [-0.3, -0.25) is 9.35 Å². The minimum atomic E-state index is -4.02. The summed E-state index contributed by atoms with van der Waals surface area (Å²) in [5.74, 6) is -0.562. The predicted octanol–water partition coefficient (Wildman–Crippen LogP) is 5.46. The quantitative estimate of drug-likeness (QED) is 0.236. The lowest BCUT2D eigenvalue weighted by Crippen LogP contribution is -2.41. The molecule has 0 bridgehead atoms. The van der Waals surface area contributed by atoms with Crippen LogP contribution in [0.2, 0.25) is 0 Å². The topological polar surface area (TPSA) is 98.8 Å². The molecule has 1 aromatic heterocycles. The van der Waals surface area contributed by atoms with Gasteiger partial charge >= 0.3 is 5.97 Å². The first kappa shape index (κ1) is 28.3. The van der Waals surface area contributed by atoms with Crippen LogP contribution in [-0.4, -0.2) is 46.8 Å². The van der Waals surface area contributed by atoms with E-state index in [0.29, 0.717) is 25.3 Å². The van der Waals surface area contributed by atoms with E-state index in [0.717, 1.165) is 48.8 Å². The summed E-state index contributed by atoms with van der Waals surface area (Å²) < 4.78 is 35.7. The summed E-state index contributed by atoms with van der Waals surface area (Å²) in [7, 11) is -4.02. The van der Waals surface area contributed by atoms with Crippen LogP contribution in [0.5, 0.6) is 0 Å². The zero-order valence-electron chi connectivity index (χ0n) is 22.7. The summed E-state index contributed by atoms with van der Waals surface area (Å²) in [6.45, 7) is 8.26. The van der Waals surface area contributed by atoms with E-state index in [4.69, 9.17) is 5.11 Å². The van der Waals surface area contributed by atoms with Crippen molar-refractivity contribution in [2.45, 2.75) is 83.6 Å². The van der Waals surface area contributed by atoms with Crippen LogP contribution in [0.25, 0.3) is 17.0 Å². The number of para-hydroxylation sites is 1. The highest BCUT2D eigenvalue weighted by atomic mass is 32.2. The summed E-state index contributed by atoms with van der Waals surface area (Å²) in [5.41, 5.74) is 3.30. The number of nitrogens with zero attached hydrogens (tertiary/aromatic N) is 2. The lowest BCUT2D eigenvalue weighted by molar-refractivity contribution is -0.671. The third kappa shape index (κ3) is 5.96. The Morgan fingerprint density at radius 3 is 2.63 bits per heavy atom. The number of hydrogen-bond donors (Lipinski definition) is 2. The molecule has 0 radical (unpaired) electrons. The lowest BCUT2D eigenvalue weighted by Gasteiger charge is -2.37. The number of carboxylic acid groups (broad SMARTS) is 1. The van der Waals surface area contributed by atoms with Gasteiger partial charge in [-0.05, 0) is 62.7 Å². The molecule has 2 N–H and O–H groups in total. The molecule has 3 atom stereocenters. The molecule has 7 nitrogen and oxygen atoms in total. The van der Waals surface area contributed by atoms with Crippen molar-refractivity contribution >= 4 is 33.1 Å². The van der Waals surface area contributed by atoms with Crippen molar-refractivity contribution in [1.29, 1.82) is 0 Å². The number of pyridine rings is 1. The van der Waals surface area contributed by atoms with E-state index >= 15 is 0 Å². The zero-order chi connectivity index (χ0) is 27.5. The maximum absolute atomic E-state index is 11.9. The largest absolute Gasteiger partial charge is 0.481 e. The summed E-state index contributed by atoms with van der Waals surface area (Å²) in [6, 6.07) is 10.8. The van der Waals surface area contributed by atoms with E-state index < -0.39 is 21.3 Å². The monoisotopic (exact) mass is 541 g/mol. The minimum absolute atomic E-state index is 0.176. The van der Waals surface area contributed by atoms with Gasteiger partial charge in [0.25, 0.3) is 10.1 Å². The van der Waals surface area contributed by atoms with Gasteiger partial charge in [0, 0.05) is 48.7 Å². The number of aromatic nitrogens is 1. The molecular weight excluding hydrogens is 500 g/mol. The Balaban J connectivity index is 1.55. The number of rotatable bonds is 10.